The lowest BCUT2D eigenvalue weighted by molar-refractivity contribution is -0.272. The molecule has 0 bridgehead atoms. The lowest BCUT2D eigenvalue weighted by Gasteiger charge is -2.41. The van der Waals surface area contributed by atoms with E-state index in [2.05, 4.69) is 5.32 Å². The van der Waals surface area contributed by atoms with Gasteiger partial charge in [-0.2, -0.15) is 0 Å². The minimum absolute atomic E-state index is 0.118. The van der Waals surface area contributed by atoms with E-state index in [0.29, 0.717) is 19.5 Å². The van der Waals surface area contributed by atoms with Crippen molar-refractivity contribution in [1.29, 1.82) is 0 Å². The molecule has 0 radical (unpaired) electrons. The van der Waals surface area contributed by atoms with E-state index in [1.54, 1.807) is 31.7 Å². The van der Waals surface area contributed by atoms with Gasteiger partial charge in [0.25, 0.3) is 0 Å². The van der Waals surface area contributed by atoms with Crippen molar-refractivity contribution in [2.75, 3.05) is 0 Å². The van der Waals surface area contributed by atoms with Gasteiger partial charge in [-0.1, -0.05) is 37.3 Å². The van der Waals surface area contributed by atoms with E-state index < -0.39 is 23.6 Å². The minimum atomic E-state index is -1.40. The fraction of sp³-hybridized carbons (Fsp3) is 0.500. The summed E-state index contributed by atoms with van der Waals surface area (Å²) in [4.78, 5) is 39.3. The monoisotopic (exact) mass is 400 g/mol. The second kappa shape index (κ2) is 9.11. The maximum atomic E-state index is 12.6. The largest absolute Gasteiger partial charge is 0.530 e. The Morgan fingerprint density at radius 3 is 2.21 bits per heavy atom. The Hall–Kier alpha value is -2.83. The molecule has 0 aliphatic carbocycles. The van der Waals surface area contributed by atoms with Crippen LogP contribution in [0, 0.1) is 0 Å². The molecule has 0 aromatic heterocycles. The van der Waals surface area contributed by atoms with Crippen LogP contribution in [0.2, 0.25) is 0 Å². The molecule has 2 atom stereocenters. The number of hydrogen-bond donors (Lipinski definition) is 1. The van der Waals surface area contributed by atoms with Crippen LogP contribution in [0.4, 0.5) is 4.79 Å². The molecule has 0 spiro atoms. The average Bonchev–Trinajstić information content (AvgIpc) is 3.07. The molecule has 1 heterocycles. The molecule has 0 saturated carbocycles. The normalized spacial score (nSPS) is 15.7. The number of carbonyl (C=O) groups excluding carboxylic acids is 3. The zero-order chi connectivity index (χ0) is 21.8. The molecule has 3 amide bonds. The van der Waals surface area contributed by atoms with Gasteiger partial charge in [0, 0.05) is 30.7 Å². The minimum Gasteiger partial charge on any atom is -0.530 e. The first kappa shape index (κ1) is 22.5. The Labute approximate surface area is 172 Å². The lowest BCUT2D eigenvalue weighted by atomic mass is 10.0. The summed E-state index contributed by atoms with van der Waals surface area (Å²) in [5.74, 6) is -0.547. The van der Waals surface area contributed by atoms with Crippen molar-refractivity contribution in [2.24, 2.45) is 0 Å². The van der Waals surface area contributed by atoms with Gasteiger partial charge in [0.1, 0.15) is 12.1 Å². The molecular formula is C22H30N3O4-. The number of fused-ring (bicyclic) bond motifs is 1. The van der Waals surface area contributed by atoms with Crippen molar-refractivity contribution in [1.82, 2.24) is 15.1 Å². The summed E-state index contributed by atoms with van der Waals surface area (Å²) in [7, 11) is 0. The molecule has 0 unspecified atom stereocenters. The van der Waals surface area contributed by atoms with Crippen LogP contribution in [0.25, 0.3) is 0 Å². The Morgan fingerprint density at radius 1 is 1.21 bits per heavy atom. The van der Waals surface area contributed by atoms with Crippen LogP contribution in [-0.4, -0.2) is 45.3 Å². The smallest absolute Gasteiger partial charge is 0.246 e. The van der Waals surface area contributed by atoms with Crippen LogP contribution in [0.1, 0.15) is 52.2 Å². The summed E-state index contributed by atoms with van der Waals surface area (Å²) in [6.07, 6.45) is 2.32. The predicted octanol–water partition coefficient (Wildman–Crippen LogP) is 1.81. The fourth-order valence-electron chi connectivity index (χ4n) is 3.51. The van der Waals surface area contributed by atoms with Crippen LogP contribution in [-0.2, 0) is 22.7 Å². The second-order valence-electron chi connectivity index (χ2n) is 8.33. The van der Waals surface area contributed by atoms with Gasteiger partial charge in [0.15, 0.2) is 0 Å². The molecule has 29 heavy (non-hydrogen) atoms. The summed E-state index contributed by atoms with van der Waals surface area (Å²) in [5, 5.41) is 14.3. The van der Waals surface area contributed by atoms with Crippen LogP contribution >= 0.6 is 0 Å². The Morgan fingerprint density at radius 2 is 1.76 bits per heavy atom. The number of nitrogens with one attached hydrogen (secondary N) is 1. The number of nitrogens with zero attached hydrogens (tertiary/aromatic N) is 2. The van der Waals surface area contributed by atoms with Gasteiger partial charge in [0.05, 0.1) is 0 Å². The third kappa shape index (κ3) is 5.59. The highest BCUT2D eigenvalue weighted by Crippen LogP contribution is 2.22. The third-order valence-corrected chi connectivity index (χ3v) is 5.08. The molecule has 0 saturated heterocycles. The molecule has 1 aromatic carbocycles. The van der Waals surface area contributed by atoms with Crippen molar-refractivity contribution in [3.05, 3.63) is 47.5 Å². The topological polar surface area (TPSA) is 92.8 Å². The molecule has 1 aromatic rings. The molecule has 158 valence electrons. The molecular weight excluding hydrogens is 370 g/mol. The summed E-state index contributed by atoms with van der Waals surface area (Å²) in [6, 6.07) is 6.66. The van der Waals surface area contributed by atoms with Gasteiger partial charge in [-0.3, -0.25) is 9.59 Å². The van der Waals surface area contributed by atoms with E-state index in [0.717, 1.165) is 16.0 Å². The van der Waals surface area contributed by atoms with Crippen molar-refractivity contribution >= 4 is 17.9 Å². The van der Waals surface area contributed by atoms with E-state index in [9.17, 15) is 19.5 Å². The maximum absolute atomic E-state index is 12.6. The highest BCUT2D eigenvalue weighted by molar-refractivity contribution is 5.88. The first-order chi connectivity index (χ1) is 13.5. The molecule has 2 rings (SSSR count). The Bertz CT molecular complexity index is 772. The molecule has 1 aliphatic rings. The van der Waals surface area contributed by atoms with Crippen molar-refractivity contribution in [3.8, 4) is 0 Å². The van der Waals surface area contributed by atoms with E-state index in [-0.39, 0.29) is 11.9 Å². The number of carboxylic acid groups (broad SMARTS) is 1. The number of benzene rings is 1. The average molecular weight is 400 g/mol. The van der Waals surface area contributed by atoms with Gasteiger partial charge in [0.2, 0.25) is 11.8 Å². The van der Waals surface area contributed by atoms with E-state index in [4.69, 9.17) is 0 Å². The van der Waals surface area contributed by atoms with Gasteiger partial charge in [-0.25, -0.2) is 0 Å². The maximum Gasteiger partial charge on any atom is 0.246 e. The van der Waals surface area contributed by atoms with E-state index >= 15 is 0 Å². The lowest BCUT2D eigenvalue weighted by Crippen LogP contribution is -2.60. The summed E-state index contributed by atoms with van der Waals surface area (Å²) in [5.41, 5.74) is 1.52. The summed E-state index contributed by atoms with van der Waals surface area (Å²) < 4.78 is 0. The summed E-state index contributed by atoms with van der Waals surface area (Å²) >= 11 is 0. The molecule has 7 heteroatoms. The van der Waals surface area contributed by atoms with Crippen LogP contribution < -0.4 is 10.4 Å². The first-order valence-electron chi connectivity index (χ1n) is 9.89. The van der Waals surface area contributed by atoms with Crippen LogP contribution in [0.15, 0.2) is 36.4 Å². The standard InChI is InChI=1S/C22H31N3O4/c1-6-18(23-20(27)15(2)25(21(28)29)22(3,4)5)11-12-19(26)24-13-16-9-7-8-10-17(16)14-24/h7-12,15,18H,6,13-14H2,1-5H3,(H,23,27)(H,28,29)/p-1/b12-11+/t15-,18-/m0/s1. The van der Waals surface area contributed by atoms with Gasteiger partial charge < -0.3 is 25.0 Å². The molecule has 7 nitrogen and oxygen atoms in total. The number of hydrogen-bond acceptors (Lipinski definition) is 4. The van der Waals surface area contributed by atoms with Crippen LogP contribution in [0.3, 0.4) is 0 Å². The van der Waals surface area contributed by atoms with Crippen molar-refractivity contribution in [3.63, 3.8) is 0 Å². The Balaban J connectivity index is 1.98. The highest BCUT2D eigenvalue weighted by atomic mass is 16.4. The molecule has 0 fully saturated rings. The van der Waals surface area contributed by atoms with Gasteiger partial charge >= 0.3 is 0 Å². The number of carbonyl (C=O) groups is 3. The fourth-order valence-corrected chi connectivity index (χ4v) is 3.51. The number of amides is 3. The Kier molecular flexibility index (Phi) is 7.06. The SMILES string of the molecule is CC[C@@H](/C=C/C(=O)N1Cc2ccccc2C1)NC(=O)[C@H](C)N(C(=O)[O-])C(C)(C)C. The van der Waals surface area contributed by atoms with E-state index in [1.807, 2.05) is 31.2 Å². The van der Waals surface area contributed by atoms with Gasteiger partial charge in [-0.15, -0.1) is 0 Å². The van der Waals surface area contributed by atoms with Crippen LogP contribution in [0.5, 0.6) is 0 Å². The zero-order valence-electron chi connectivity index (χ0n) is 17.8. The van der Waals surface area contributed by atoms with E-state index in [1.165, 1.54) is 13.0 Å². The predicted molar refractivity (Wildman–Crippen MR) is 109 cm³/mol. The number of rotatable bonds is 6. The van der Waals surface area contributed by atoms with Crippen molar-refractivity contribution < 1.29 is 19.5 Å². The van der Waals surface area contributed by atoms with Crippen molar-refractivity contribution in [2.45, 2.75) is 71.8 Å². The molecule has 1 N–H and O–H groups in total. The van der Waals surface area contributed by atoms with Gasteiger partial charge in [-0.05, 0) is 45.2 Å². The first-order valence-corrected chi connectivity index (χ1v) is 9.89. The quantitative estimate of drug-likeness (QED) is 0.737. The highest BCUT2D eigenvalue weighted by Gasteiger charge is 2.31. The molecule has 1 aliphatic heterocycles. The second-order valence-corrected chi connectivity index (χ2v) is 8.33. The third-order valence-electron chi connectivity index (χ3n) is 5.08. The zero-order valence-corrected chi connectivity index (χ0v) is 17.8. The summed E-state index contributed by atoms with van der Waals surface area (Å²) in [6.45, 7) is 9.68.